The van der Waals surface area contributed by atoms with E-state index in [0.29, 0.717) is 12.1 Å². The zero-order chi connectivity index (χ0) is 10.9. The zero-order valence-corrected chi connectivity index (χ0v) is 7.99. The molecule has 1 rings (SSSR count). The Balaban J connectivity index is 3.02. The van der Waals surface area contributed by atoms with Crippen molar-refractivity contribution in [3.05, 3.63) is 22.4 Å². The van der Waals surface area contributed by atoms with Crippen LogP contribution >= 0.6 is 15.9 Å². The Kier molecular flexibility index (Phi) is 2.89. The van der Waals surface area contributed by atoms with E-state index in [1.165, 1.54) is 0 Å². The zero-order valence-electron chi connectivity index (χ0n) is 6.40. The highest BCUT2D eigenvalue weighted by Gasteiger charge is 2.31. The van der Waals surface area contributed by atoms with Crippen LogP contribution in [0.25, 0.3) is 0 Å². The Morgan fingerprint density at radius 2 is 1.86 bits per heavy atom. The van der Waals surface area contributed by atoms with E-state index in [4.69, 9.17) is 5.11 Å². The average molecular weight is 275 g/mol. The van der Waals surface area contributed by atoms with Crippen LogP contribution in [0.15, 0.2) is 16.6 Å². The topological polar surface area (TPSA) is 29.5 Å². The smallest absolute Gasteiger partial charge is 0.507 e. The molecule has 1 aromatic rings. The second-order valence-corrected chi connectivity index (χ2v) is 3.08. The van der Waals surface area contributed by atoms with E-state index >= 15 is 0 Å². The molecule has 2 nitrogen and oxygen atoms in total. The predicted octanol–water partition coefficient (Wildman–Crippen LogP) is 3.19. The molecule has 7 heteroatoms. The van der Waals surface area contributed by atoms with Crippen molar-refractivity contribution in [1.82, 2.24) is 0 Å². The third-order valence-electron chi connectivity index (χ3n) is 1.22. The molecule has 0 saturated carbocycles. The van der Waals surface area contributed by atoms with Gasteiger partial charge >= 0.3 is 6.36 Å². The van der Waals surface area contributed by atoms with Gasteiger partial charge in [-0.2, -0.15) is 0 Å². The molecule has 0 aliphatic carbocycles. The molecule has 0 heterocycles. The van der Waals surface area contributed by atoms with Crippen LogP contribution in [-0.4, -0.2) is 11.5 Å². The molecule has 0 amide bonds. The number of phenols is 1. The Morgan fingerprint density at radius 1 is 1.29 bits per heavy atom. The number of hydrogen-bond donors (Lipinski definition) is 1. The van der Waals surface area contributed by atoms with E-state index in [1.54, 1.807) is 0 Å². The van der Waals surface area contributed by atoms with Gasteiger partial charge in [0.05, 0.1) is 4.47 Å². The summed E-state index contributed by atoms with van der Waals surface area (Å²) in [7, 11) is 0. The summed E-state index contributed by atoms with van der Waals surface area (Å²) in [4.78, 5) is 0. The molecular formula is C7H3BrF4O2. The summed E-state index contributed by atoms with van der Waals surface area (Å²) >= 11 is 2.63. The number of aromatic hydroxyl groups is 1. The standard InChI is InChI=1S/C7H3BrF4O2/c8-6-4(9)1-3(2-5(6)13)14-7(10,11)12/h1-2,13H. The first-order valence-corrected chi connectivity index (χ1v) is 4.02. The number of hydrogen-bond acceptors (Lipinski definition) is 2. The Hall–Kier alpha value is -0.980. The Morgan fingerprint density at radius 3 is 2.29 bits per heavy atom. The molecule has 0 aliphatic rings. The minimum Gasteiger partial charge on any atom is -0.507 e. The second kappa shape index (κ2) is 3.64. The quantitative estimate of drug-likeness (QED) is 0.797. The molecule has 0 unspecified atom stereocenters. The fourth-order valence-electron chi connectivity index (χ4n) is 0.743. The third kappa shape index (κ3) is 2.76. The molecule has 78 valence electrons. The van der Waals surface area contributed by atoms with Gasteiger partial charge in [0.25, 0.3) is 0 Å². The molecular weight excluding hydrogens is 272 g/mol. The molecule has 0 atom stereocenters. The maximum atomic E-state index is 12.8. The summed E-state index contributed by atoms with van der Waals surface area (Å²) in [5.41, 5.74) is 0. The van der Waals surface area contributed by atoms with Gasteiger partial charge in [-0.25, -0.2) is 4.39 Å². The van der Waals surface area contributed by atoms with Crippen LogP contribution in [-0.2, 0) is 0 Å². The molecule has 14 heavy (non-hydrogen) atoms. The SMILES string of the molecule is Oc1cc(OC(F)(F)F)cc(F)c1Br. The summed E-state index contributed by atoms with van der Waals surface area (Å²) < 4.78 is 50.8. The first-order valence-electron chi connectivity index (χ1n) is 3.23. The lowest BCUT2D eigenvalue weighted by Crippen LogP contribution is -2.17. The number of halogens is 5. The van der Waals surface area contributed by atoms with Gasteiger partial charge in [-0.15, -0.1) is 13.2 Å². The molecule has 0 saturated heterocycles. The molecule has 0 fully saturated rings. The summed E-state index contributed by atoms with van der Waals surface area (Å²) in [6.07, 6.45) is -4.91. The third-order valence-corrected chi connectivity index (χ3v) is 2.00. The van der Waals surface area contributed by atoms with Crippen molar-refractivity contribution in [2.24, 2.45) is 0 Å². The van der Waals surface area contributed by atoms with E-state index < -0.39 is 23.7 Å². The first kappa shape index (κ1) is 11.1. The number of benzene rings is 1. The van der Waals surface area contributed by atoms with Gasteiger partial charge in [0, 0.05) is 12.1 Å². The first-order chi connectivity index (χ1) is 6.29. The summed E-state index contributed by atoms with van der Waals surface area (Å²) in [6.45, 7) is 0. The Bertz CT molecular complexity index is 327. The maximum Gasteiger partial charge on any atom is 0.573 e. The minimum atomic E-state index is -4.91. The normalized spacial score (nSPS) is 11.5. The van der Waals surface area contributed by atoms with Crippen LogP contribution in [0, 0.1) is 5.82 Å². The van der Waals surface area contributed by atoms with Gasteiger partial charge in [0.15, 0.2) is 0 Å². The van der Waals surface area contributed by atoms with Gasteiger partial charge in [-0.3, -0.25) is 0 Å². The van der Waals surface area contributed by atoms with Gasteiger partial charge in [-0.1, -0.05) is 0 Å². The molecule has 0 spiro atoms. The summed E-state index contributed by atoms with van der Waals surface area (Å²) in [5.74, 6) is -2.51. The lowest BCUT2D eigenvalue weighted by molar-refractivity contribution is -0.274. The molecule has 0 bridgehead atoms. The molecule has 0 radical (unpaired) electrons. The van der Waals surface area contributed by atoms with Gasteiger partial charge in [0.2, 0.25) is 0 Å². The van der Waals surface area contributed by atoms with Crippen LogP contribution in [0.5, 0.6) is 11.5 Å². The number of alkyl halides is 3. The van der Waals surface area contributed by atoms with E-state index in [9.17, 15) is 17.6 Å². The highest BCUT2D eigenvalue weighted by Crippen LogP contribution is 2.33. The number of phenolic OH excluding ortho intramolecular Hbond substituents is 1. The highest BCUT2D eigenvalue weighted by molar-refractivity contribution is 9.10. The van der Waals surface area contributed by atoms with E-state index in [2.05, 4.69) is 20.7 Å². The van der Waals surface area contributed by atoms with Crippen molar-refractivity contribution in [1.29, 1.82) is 0 Å². The van der Waals surface area contributed by atoms with Crippen molar-refractivity contribution in [3.8, 4) is 11.5 Å². The maximum absolute atomic E-state index is 12.8. The highest BCUT2D eigenvalue weighted by atomic mass is 79.9. The molecule has 1 aromatic carbocycles. The van der Waals surface area contributed by atoms with Crippen molar-refractivity contribution >= 4 is 15.9 Å². The summed E-state index contributed by atoms with van der Waals surface area (Å²) in [6, 6.07) is 1.16. The largest absolute Gasteiger partial charge is 0.573 e. The van der Waals surface area contributed by atoms with E-state index in [1.807, 2.05) is 0 Å². The number of rotatable bonds is 1. The van der Waals surface area contributed by atoms with Crippen LogP contribution in [0.3, 0.4) is 0 Å². The monoisotopic (exact) mass is 274 g/mol. The Labute approximate surface area is 84.2 Å². The minimum absolute atomic E-state index is 0.313. The average Bonchev–Trinajstić information content (AvgIpc) is 1.96. The van der Waals surface area contributed by atoms with Gasteiger partial charge in [0.1, 0.15) is 17.3 Å². The summed E-state index contributed by atoms with van der Waals surface area (Å²) in [5, 5.41) is 8.94. The fourth-order valence-corrected chi connectivity index (χ4v) is 0.972. The van der Waals surface area contributed by atoms with Crippen molar-refractivity contribution in [3.63, 3.8) is 0 Å². The van der Waals surface area contributed by atoms with Gasteiger partial charge in [-0.05, 0) is 15.9 Å². The van der Waals surface area contributed by atoms with Crippen LogP contribution < -0.4 is 4.74 Å². The second-order valence-electron chi connectivity index (χ2n) is 2.29. The molecule has 0 aliphatic heterocycles. The molecule has 0 aromatic heterocycles. The molecule has 1 N–H and O–H groups in total. The van der Waals surface area contributed by atoms with Crippen LogP contribution in [0.4, 0.5) is 17.6 Å². The van der Waals surface area contributed by atoms with Crippen molar-refractivity contribution in [2.45, 2.75) is 6.36 Å². The van der Waals surface area contributed by atoms with Crippen LogP contribution in [0.2, 0.25) is 0 Å². The fraction of sp³-hybridized carbons (Fsp3) is 0.143. The van der Waals surface area contributed by atoms with Crippen LogP contribution in [0.1, 0.15) is 0 Å². The van der Waals surface area contributed by atoms with E-state index in [-0.39, 0.29) is 4.47 Å². The van der Waals surface area contributed by atoms with Crippen molar-refractivity contribution < 1.29 is 27.4 Å². The van der Waals surface area contributed by atoms with Crippen molar-refractivity contribution in [2.75, 3.05) is 0 Å². The van der Waals surface area contributed by atoms with Gasteiger partial charge < -0.3 is 9.84 Å². The lowest BCUT2D eigenvalue weighted by Gasteiger charge is -2.09. The lowest BCUT2D eigenvalue weighted by atomic mass is 10.3. The number of ether oxygens (including phenoxy) is 1. The predicted molar refractivity (Wildman–Crippen MR) is 42.4 cm³/mol. The van der Waals surface area contributed by atoms with E-state index in [0.717, 1.165) is 0 Å².